The van der Waals surface area contributed by atoms with Crippen molar-refractivity contribution < 1.29 is 14.2 Å². The first-order valence-electron chi connectivity index (χ1n) is 8.22. The maximum absolute atomic E-state index is 12.2. The zero-order valence-corrected chi connectivity index (χ0v) is 14.4. The number of rotatable bonds is 7. The molecule has 1 fully saturated rings. The van der Waals surface area contributed by atoms with Crippen LogP contribution in [0.1, 0.15) is 24.1 Å². The van der Waals surface area contributed by atoms with Crippen molar-refractivity contribution in [3.05, 3.63) is 39.8 Å². The molecular weight excluding hydrogens is 324 g/mol. The summed E-state index contributed by atoms with van der Waals surface area (Å²) in [6, 6.07) is 5.49. The third-order valence-corrected chi connectivity index (χ3v) is 4.11. The monoisotopic (exact) mass is 346 g/mol. The van der Waals surface area contributed by atoms with Gasteiger partial charge in [0.2, 0.25) is 5.95 Å². The number of nitrogens with one attached hydrogen (secondary N) is 2. The molecule has 0 saturated carbocycles. The zero-order valence-electron chi connectivity index (χ0n) is 14.4. The maximum Gasteiger partial charge on any atom is 0.274 e. The van der Waals surface area contributed by atoms with Crippen LogP contribution in [0.25, 0.3) is 0 Å². The van der Waals surface area contributed by atoms with E-state index < -0.39 is 0 Å². The van der Waals surface area contributed by atoms with Crippen molar-refractivity contribution in [1.29, 1.82) is 0 Å². The van der Waals surface area contributed by atoms with Gasteiger partial charge in [0.15, 0.2) is 11.5 Å². The van der Waals surface area contributed by atoms with Gasteiger partial charge in [0, 0.05) is 19.6 Å². The van der Waals surface area contributed by atoms with E-state index in [1.807, 2.05) is 12.1 Å². The number of aromatic amines is 1. The number of H-pyrrole nitrogens is 1. The summed E-state index contributed by atoms with van der Waals surface area (Å²) in [6.07, 6.45) is 2.60. The molecule has 0 unspecified atom stereocenters. The summed E-state index contributed by atoms with van der Waals surface area (Å²) < 4.78 is 16.0. The van der Waals surface area contributed by atoms with E-state index in [-0.39, 0.29) is 11.7 Å². The molecule has 8 nitrogen and oxygen atoms in total. The third-order valence-electron chi connectivity index (χ3n) is 4.11. The second-order valence-electron chi connectivity index (χ2n) is 5.83. The molecule has 2 N–H and O–H groups in total. The van der Waals surface area contributed by atoms with Crippen LogP contribution in [0, 0.1) is 0 Å². The van der Waals surface area contributed by atoms with E-state index in [1.54, 1.807) is 20.3 Å². The van der Waals surface area contributed by atoms with Gasteiger partial charge in [-0.05, 0) is 30.5 Å². The number of ether oxygens (including phenoxy) is 3. The molecule has 0 spiro atoms. The van der Waals surface area contributed by atoms with E-state index in [0.717, 1.165) is 25.0 Å². The molecule has 0 bridgehead atoms. The molecule has 8 heteroatoms. The molecule has 2 heterocycles. The summed E-state index contributed by atoms with van der Waals surface area (Å²) in [6.45, 7) is 1.40. The normalized spacial score (nSPS) is 16.6. The summed E-state index contributed by atoms with van der Waals surface area (Å²) in [5.41, 5.74) is 0.965. The van der Waals surface area contributed by atoms with E-state index in [9.17, 15) is 4.79 Å². The number of aromatic nitrogens is 3. The van der Waals surface area contributed by atoms with Gasteiger partial charge in [-0.2, -0.15) is 0 Å². The highest BCUT2D eigenvalue weighted by Crippen LogP contribution is 2.28. The Morgan fingerprint density at radius 1 is 1.28 bits per heavy atom. The quantitative estimate of drug-likeness (QED) is 0.781. The number of nitrogens with zero attached hydrogens (tertiary/aromatic N) is 2. The number of anilines is 1. The van der Waals surface area contributed by atoms with E-state index in [4.69, 9.17) is 14.2 Å². The van der Waals surface area contributed by atoms with Crippen LogP contribution in [-0.2, 0) is 11.2 Å². The Balaban J connectivity index is 1.67. The molecule has 0 radical (unpaired) electrons. The van der Waals surface area contributed by atoms with Crippen molar-refractivity contribution in [2.75, 3.05) is 32.7 Å². The lowest BCUT2D eigenvalue weighted by atomic mass is 10.1. The van der Waals surface area contributed by atoms with Gasteiger partial charge in [-0.1, -0.05) is 6.07 Å². The van der Waals surface area contributed by atoms with Crippen molar-refractivity contribution in [3.8, 4) is 11.5 Å². The van der Waals surface area contributed by atoms with Crippen molar-refractivity contribution in [2.24, 2.45) is 0 Å². The molecule has 0 aliphatic carbocycles. The minimum atomic E-state index is -0.264. The molecule has 25 heavy (non-hydrogen) atoms. The standard InChI is InChI=1S/C17H22N4O4/c1-23-14-6-5-11(9-15(14)24-2)8-13-16(22)19-17(21-20-13)18-10-12-4-3-7-25-12/h5-6,9,12H,3-4,7-8,10H2,1-2H3,(H2,18,19,21,22)/t12-/m1/s1. The van der Waals surface area contributed by atoms with Crippen LogP contribution in [0.4, 0.5) is 5.95 Å². The van der Waals surface area contributed by atoms with E-state index in [2.05, 4.69) is 20.5 Å². The highest BCUT2D eigenvalue weighted by Gasteiger charge is 2.15. The Bertz CT molecular complexity index is 771. The predicted molar refractivity (Wildman–Crippen MR) is 92.5 cm³/mol. The van der Waals surface area contributed by atoms with Gasteiger partial charge in [0.1, 0.15) is 5.69 Å². The fourth-order valence-electron chi connectivity index (χ4n) is 2.76. The number of hydrogen-bond acceptors (Lipinski definition) is 7. The average Bonchev–Trinajstić information content (AvgIpc) is 3.15. The van der Waals surface area contributed by atoms with Crippen LogP contribution in [0.3, 0.4) is 0 Å². The molecule has 0 amide bonds. The van der Waals surface area contributed by atoms with Gasteiger partial charge in [0.25, 0.3) is 5.56 Å². The number of methoxy groups -OCH3 is 2. The summed E-state index contributed by atoms with van der Waals surface area (Å²) in [5.74, 6) is 1.61. The van der Waals surface area contributed by atoms with Crippen molar-refractivity contribution in [2.45, 2.75) is 25.4 Å². The molecular formula is C17H22N4O4. The second kappa shape index (κ2) is 7.98. The first-order valence-corrected chi connectivity index (χ1v) is 8.22. The Labute approximate surface area is 145 Å². The SMILES string of the molecule is COc1ccc(Cc2nnc(NC[C@H]3CCCO3)[nH]c2=O)cc1OC. The first-order chi connectivity index (χ1) is 12.2. The largest absolute Gasteiger partial charge is 0.493 e. The Morgan fingerprint density at radius 2 is 2.12 bits per heavy atom. The minimum absolute atomic E-state index is 0.164. The van der Waals surface area contributed by atoms with E-state index in [0.29, 0.717) is 36.1 Å². The van der Waals surface area contributed by atoms with Gasteiger partial charge in [-0.3, -0.25) is 9.78 Å². The molecule has 2 aromatic rings. The molecule has 1 aromatic carbocycles. The fourth-order valence-corrected chi connectivity index (χ4v) is 2.76. The molecule has 1 aromatic heterocycles. The number of hydrogen-bond donors (Lipinski definition) is 2. The Kier molecular flexibility index (Phi) is 5.49. The first kappa shape index (κ1) is 17.2. The lowest BCUT2D eigenvalue weighted by Crippen LogP contribution is -2.24. The van der Waals surface area contributed by atoms with Crippen LogP contribution in [-0.4, -0.2) is 48.7 Å². The summed E-state index contributed by atoms with van der Waals surface area (Å²) in [7, 11) is 3.15. The van der Waals surface area contributed by atoms with Crippen LogP contribution in [0.5, 0.6) is 11.5 Å². The lowest BCUT2D eigenvalue weighted by Gasteiger charge is -2.11. The van der Waals surface area contributed by atoms with Crippen LogP contribution in [0.2, 0.25) is 0 Å². The maximum atomic E-state index is 12.2. The van der Waals surface area contributed by atoms with Gasteiger partial charge in [0.05, 0.1) is 20.3 Å². The predicted octanol–water partition coefficient (Wildman–Crippen LogP) is 1.36. The molecule has 1 atom stereocenters. The third kappa shape index (κ3) is 4.27. The van der Waals surface area contributed by atoms with Crippen molar-refractivity contribution >= 4 is 5.95 Å². The summed E-state index contributed by atoms with van der Waals surface area (Å²) in [4.78, 5) is 15.0. The topological polar surface area (TPSA) is 98.4 Å². The number of benzene rings is 1. The Hall–Kier alpha value is -2.61. The average molecular weight is 346 g/mol. The highest BCUT2D eigenvalue weighted by atomic mass is 16.5. The smallest absolute Gasteiger partial charge is 0.274 e. The van der Waals surface area contributed by atoms with Crippen LogP contribution in [0.15, 0.2) is 23.0 Å². The van der Waals surface area contributed by atoms with Crippen LogP contribution < -0.4 is 20.3 Å². The fraction of sp³-hybridized carbons (Fsp3) is 0.471. The summed E-state index contributed by atoms with van der Waals surface area (Å²) >= 11 is 0. The molecule has 134 valence electrons. The minimum Gasteiger partial charge on any atom is -0.493 e. The molecule has 1 aliphatic heterocycles. The van der Waals surface area contributed by atoms with Gasteiger partial charge >= 0.3 is 0 Å². The second-order valence-corrected chi connectivity index (χ2v) is 5.83. The molecule has 1 saturated heterocycles. The highest BCUT2D eigenvalue weighted by molar-refractivity contribution is 5.43. The van der Waals surface area contributed by atoms with Crippen molar-refractivity contribution in [1.82, 2.24) is 15.2 Å². The van der Waals surface area contributed by atoms with Crippen molar-refractivity contribution in [3.63, 3.8) is 0 Å². The van der Waals surface area contributed by atoms with Crippen LogP contribution >= 0.6 is 0 Å². The summed E-state index contributed by atoms with van der Waals surface area (Å²) in [5, 5.41) is 11.2. The molecule has 3 rings (SSSR count). The van der Waals surface area contributed by atoms with E-state index in [1.165, 1.54) is 0 Å². The van der Waals surface area contributed by atoms with Gasteiger partial charge in [-0.25, -0.2) is 0 Å². The van der Waals surface area contributed by atoms with Gasteiger partial charge in [-0.15, -0.1) is 10.2 Å². The van der Waals surface area contributed by atoms with Gasteiger partial charge < -0.3 is 19.5 Å². The Morgan fingerprint density at radius 3 is 2.80 bits per heavy atom. The van der Waals surface area contributed by atoms with E-state index >= 15 is 0 Å². The molecule has 1 aliphatic rings. The lowest BCUT2D eigenvalue weighted by molar-refractivity contribution is 0.120. The zero-order chi connectivity index (χ0) is 17.6.